The summed E-state index contributed by atoms with van der Waals surface area (Å²) in [5, 5.41) is 7.49. The first-order valence-electron chi connectivity index (χ1n) is 10.4. The molecule has 2 N–H and O–H groups in total. The monoisotopic (exact) mass is 390 g/mol. The van der Waals surface area contributed by atoms with Crippen molar-refractivity contribution in [2.75, 3.05) is 18.4 Å². The van der Waals surface area contributed by atoms with Gasteiger partial charge in [-0.3, -0.25) is 4.79 Å². The zero-order valence-electron chi connectivity index (χ0n) is 17.3. The number of thiophene rings is 1. The Balaban J connectivity index is 2.11. The van der Waals surface area contributed by atoms with Crippen LogP contribution in [0.3, 0.4) is 0 Å². The van der Waals surface area contributed by atoms with Crippen molar-refractivity contribution >= 4 is 33.3 Å². The lowest BCUT2D eigenvalue weighted by atomic mass is 10.2. The number of carbonyl (C=O) groups excluding carboxylic acids is 1. The molecule has 0 unspecified atom stereocenters. The SMILES string of the molecule is CCCCCCNC(=O)c1nc(NCCCCCC)c2c(C)c(C)sc2n1. The molecule has 0 radical (unpaired) electrons. The number of aromatic nitrogens is 2. The quantitative estimate of drug-likeness (QED) is 0.462. The van der Waals surface area contributed by atoms with E-state index >= 15 is 0 Å². The average molecular weight is 391 g/mol. The molecule has 6 heteroatoms. The third-order valence-corrected chi connectivity index (χ3v) is 5.97. The first-order valence-corrected chi connectivity index (χ1v) is 11.2. The number of aryl methyl sites for hydroxylation is 2. The number of fused-ring (bicyclic) bond motifs is 1. The maximum atomic E-state index is 12.5. The molecule has 5 nitrogen and oxygen atoms in total. The number of hydrogen-bond donors (Lipinski definition) is 2. The third kappa shape index (κ3) is 6.16. The molecule has 0 fully saturated rings. The highest BCUT2D eigenvalue weighted by atomic mass is 32.1. The summed E-state index contributed by atoms with van der Waals surface area (Å²) < 4.78 is 0. The summed E-state index contributed by atoms with van der Waals surface area (Å²) in [5.74, 6) is 0.899. The molecule has 0 aromatic carbocycles. The fourth-order valence-corrected chi connectivity index (χ4v) is 4.10. The molecule has 2 heterocycles. The van der Waals surface area contributed by atoms with Crippen molar-refractivity contribution in [1.29, 1.82) is 0 Å². The topological polar surface area (TPSA) is 66.9 Å². The number of nitrogens with zero attached hydrogens (tertiary/aromatic N) is 2. The van der Waals surface area contributed by atoms with Gasteiger partial charge in [0.05, 0.1) is 5.39 Å². The highest BCUT2D eigenvalue weighted by molar-refractivity contribution is 7.18. The van der Waals surface area contributed by atoms with E-state index in [0.29, 0.717) is 6.54 Å². The van der Waals surface area contributed by atoms with Gasteiger partial charge < -0.3 is 10.6 Å². The minimum Gasteiger partial charge on any atom is -0.369 e. The van der Waals surface area contributed by atoms with Crippen LogP contribution in [0.25, 0.3) is 10.2 Å². The van der Waals surface area contributed by atoms with E-state index in [1.165, 1.54) is 42.5 Å². The van der Waals surface area contributed by atoms with Gasteiger partial charge in [0, 0.05) is 18.0 Å². The summed E-state index contributed by atoms with van der Waals surface area (Å²) in [7, 11) is 0. The van der Waals surface area contributed by atoms with Crippen LogP contribution in [0, 0.1) is 13.8 Å². The maximum Gasteiger partial charge on any atom is 0.289 e. The Hall–Kier alpha value is -1.69. The molecular formula is C21H34N4OS. The largest absolute Gasteiger partial charge is 0.369 e. The van der Waals surface area contributed by atoms with E-state index < -0.39 is 0 Å². The van der Waals surface area contributed by atoms with Crippen molar-refractivity contribution in [3.05, 3.63) is 16.3 Å². The summed E-state index contributed by atoms with van der Waals surface area (Å²) in [6, 6.07) is 0. The van der Waals surface area contributed by atoms with E-state index in [1.54, 1.807) is 11.3 Å². The van der Waals surface area contributed by atoms with E-state index in [4.69, 9.17) is 0 Å². The predicted molar refractivity (Wildman–Crippen MR) is 116 cm³/mol. The van der Waals surface area contributed by atoms with E-state index in [9.17, 15) is 4.79 Å². The van der Waals surface area contributed by atoms with E-state index in [2.05, 4.69) is 48.3 Å². The van der Waals surface area contributed by atoms with E-state index in [0.717, 1.165) is 41.8 Å². The number of anilines is 1. The molecule has 2 aromatic rings. The van der Waals surface area contributed by atoms with Gasteiger partial charge in [-0.2, -0.15) is 0 Å². The van der Waals surface area contributed by atoms with Crippen LogP contribution in [-0.4, -0.2) is 29.0 Å². The lowest BCUT2D eigenvalue weighted by Gasteiger charge is -2.10. The maximum absolute atomic E-state index is 12.5. The Morgan fingerprint density at radius 3 is 2.26 bits per heavy atom. The summed E-state index contributed by atoms with van der Waals surface area (Å²) in [5.41, 5.74) is 1.21. The van der Waals surface area contributed by atoms with Crippen LogP contribution < -0.4 is 10.6 Å². The van der Waals surface area contributed by atoms with Crippen molar-refractivity contribution in [3.8, 4) is 0 Å². The van der Waals surface area contributed by atoms with Crippen LogP contribution >= 0.6 is 11.3 Å². The molecule has 150 valence electrons. The van der Waals surface area contributed by atoms with Gasteiger partial charge in [-0.1, -0.05) is 52.4 Å². The van der Waals surface area contributed by atoms with Gasteiger partial charge in [0.25, 0.3) is 5.91 Å². The van der Waals surface area contributed by atoms with Gasteiger partial charge in [-0.15, -0.1) is 11.3 Å². The molecular weight excluding hydrogens is 356 g/mol. The number of hydrogen-bond acceptors (Lipinski definition) is 5. The smallest absolute Gasteiger partial charge is 0.289 e. The molecule has 0 aliphatic heterocycles. The molecule has 0 bridgehead atoms. The molecule has 0 spiro atoms. The van der Waals surface area contributed by atoms with Crippen molar-refractivity contribution < 1.29 is 4.79 Å². The lowest BCUT2D eigenvalue weighted by molar-refractivity contribution is 0.0943. The Kier molecular flexibility index (Phi) is 8.98. The summed E-state index contributed by atoms with van der Waals surface area (Å²) in [4.78, 5) is 23.8. The average Bonchev–Trinajstić information content (AvgIpc) is 2.95. The van der Waals surface area contributed by atoms with Gasteiger partial charge in [0.1, 0.15) is 10.6 Å². The molecule has 0 saturated heterocycles. The summed E-state index contributed by atoms with van der Waals surface area (Å²) in [6.45, 7) is 10.2. The zero-order chi connectivity index (χ0) is 19.6. The summed E-state index contributed by atoms with van der Waals surface area (Å²) >= 11 is 1.64. The van der Waals surface area contributed by atoms with Crippen LogP contribution in [0.15, 0.2) is 0 Å². The molecule has 2 rings (SSSR count). The lowest BCUT2D eigenvalue weighted by Crippen LogP contribution is -2.26. The number of carbonyl (C=O) groups is 1. The number of rotatable bonds is 12. The van der Waals surface area contributed by atoms with Crippen LogP contribution in [0.5, 0.6) is 0 Å². The Bertz CT molecular complexity index is 741. The predicted octanol–water partition coefficient (Wildman–Crippen LogP) is 5.61. The van der Waals surface area contributed by atoms with Gasteiger partial charge in [-0.05, 0) is 32.3 Å². The Morgan fingerprint density at radius 1 is 0.926 bits per heavy atom. The summed E-state index contributed by atoms with van der Waals surface area (Å²) in [6.07, 6.45) is 9.35. The first-order chi connectivity index (χ1) is 13.1. The van der Waals surface area contributed by atoms with Crippen LogP contribution in [0.2, 0.25) is 0 Å². The normalized spacial score (nSPS) is 11.1. The van der Waals surface area contributed by atoms with Gasteiger partial charge >= 0.3 is 0 Å². The van der Waals surface area contributed by atoms with Crippen LogP contribution in [-0.2, 0) is 0 Å². The van der Waals surface area contributed by atoms with Crippen molar-refractivity contribution in [3.63, 3.8) is 0 Å². The molecule has 0 saturated carbocycles. The van der Waals surface area contributed by atoms with Crippen molar-refractivity contribution in [2.45, 2.75) is 79.1 Å². The van der Waals surface area contributed by atoms with Crippen molar-refractivity contribution in [1.82, 2.24) is 15.3 Å². The zero-order valence-corrected chi connectivity index (χ0v) is 18.1. The van der Waals surface area contributed by atoms with Gasteiger partial charge in [0.15, 0.2) is 0 Å². The van der Waals surface area contributed by atoms with Gasteiger partial charge in [0.2, 0.25) is 5.82 Å². The highest BCUT2D eigenvalue weighted by Crippen LogP contribution is 2.33. The minimum atomic E-state index is -0.175. The standard InChI is InChI=1S/C21H34N4OS/c1-5-7-9-11-13-22-18-17-15(3)16(4)27-21(17)25-19(24-18)20(26)23-14-12-10-8-6-2/h5-14H2,1-4H3,(H,23,26)(H,22,24,25). The molecule has 0 aliphatic rings. The van der Waals surface area contributed by atoms with Crippen LogP contribution in [0.1, 0.15) is 86.3 Å². The number of unbranched alkanes of at least 4 members (excludes halogenated alkanes) is 6. The second-order valence-corrected chi connectivity index (χ2v) is 8.37. The minimum absolute atomic E-state index is 0.175. The number of amides is 1. The fraction of sp³-hybridized carbons (Fsp3) is 0.667. The van der Waals surface area contributed by atoms with E-state index in [-0.39, 0.29) is 11.7 Å². The third-order valence-electron chi connectivity index (χ3n) is 4.87. The second kappa shape index (κ2) is 11.2. The molecule has 27 heavy (non-hydrogen) atoms. The number of nitrogens with one attached hydrogen (secondary N) is 2. The molecule has 1 amide bonds. The highest BCUT2D eigenvalue weighted by Gasteiger charge is 2.18. The molecule has 0 aliphatic carbocycles. The van der Waals surface area contributed by atoms with Gasteiger partial charge in [-0.25, -0.2) is 9.97 Å². The molecule has 2 aromatic heterocycles. The Labute approximate surface area is 167 Å². The van der Waals surface area contributed by atoms with Crippen molar-refractivity contribution in [2.24, 2.45) is 0 Å². The van der Waals surface area contributed by atoms with Crippen LogP contribution in [0.4, 0.5) is 5.82 Å². The van der Waals surface area contributed by atoms with E-state index in [1.807, 2.05) is 0 Å². The molecule has 0 atom stereocenters. The first kappa shape index (κ1) is 21.6. The fourth-order valence-electron chi connectivity index (χ4n) is 3.07. The second-order valence-electron chi connectivity index (χ2n) is 7.16. The Morgan fingerprint density at radius 2 is 1.59 bits per heavy atom.